The van der Waals surface area contributed by atoms with Crippen molar-refractivity contribution in [3.63, 3.8) is 0 Å². The number of hydrogen-bond donors (Lipinski definition) is 1. The minimum absolute atomic E-state index is 0.144. The zero-order valence-electron chi connectivity index (χ0n) is 11.5. The van der Waals surface area contributed by atoms with Gasteiger partial charge < -0.3 is 5.32 Å². The van der Waals surface area contributed by atoms with Crippen LogP contribution < -0.4 is 5.32 Å². The molecule has 1 aromatic heterocycles. The van der Waals surface area contributed by atoms with Crippen LogP contribution in [0.3, 0.4) is 0 Å². The van der Waals surface area contributed by atoms with Gasteiger partial charge in [-0.15, -0.1) is 0 Å². The normalized spacial score (nSPS) is 11.3. The standard InChI is InChI=1S/C15H13F3N2O/c1-9-3-4-11(15(16,17)18)7-13(9)20-14(21)12-5-6-19-8-10(12)2/h3-8H,1-2H3,(H,20,21). The number of aryl methyl sites for hydroxylation is 2. The van der Waals surface area contributed by atoms with Crippen molar-refractivity contribution in [2.24, 2.45) is 0 Å². The van der Waals surface area contributed by atoms with E-state index in [-0.39, 0.29) is 5.69 Å². The molecule has 0 aliphatic rings. The van der Waals surface area contributed by atoms with E-state index in [9.17, 15) is 18.0 Å². The third-order valence-electron chi connectivity index (χ3n) is 3.08. The fraction of sp³-hybridized carbons (Fsp3) is 0.200. The molecule has 0 saturated carbocycles. The molecule has 1 aromatic carbocycles. The third-order valence-corrected chi connectivity index (χ3v) is 3.08. The van der Waals surface area contributed by atoms with Gasteiger partial charge in [0.1, 0.15) is 0 Å². The number of carbonyl (C=O) groups excluding carboxylic acids is 1. The smallest absolute Gasteiger partial charge is 0.322 e. The van der Waals surface area contributed by atoms with Crippen molar-refractivity contribution in [1.82, 2.24) is 4.98 Å². The Kier molecular flexibility index (Phi) is 3.97. The van der Waals surface area contributed by atoms with Gasteiger partial charge in [0.15, 0.2) is 0 Å². The van der Waals surface area contributed by atoms with Gasteiger partial charge >= 0.3 is 6.18 Å². The van der Waals surface area contributed by atoms with Crippen molar-refractivity contribution in [2.75, 3.05) is 5.32 Å². The lowest BCUT2D eigenvalue weighted by atomic mass is 10.1. The highest BCUT2D eigenvalue weighted by atomic mass is 19.4. The SMILES string of the molecule is Cc1ccc(C(F)(F)F)cc1NC(=O)c1ccncc1C. The van der Waals surface area contributed by atoms with E-state index in [0.717, 1.165) is 12.1 Å². The van der Waals surface area contributed by atoms with E-state index >= 15 is 0 Å². The maximum atomic E-state index is 12.7. The van der Waals surface area contributed by atoms with Gasteiger partial charge in [-0.25, -0.2) is 0 Å². The molecule has 2 rings (SSSR count). The number of aromatic nitrogens is 1. The first-order valence-electron chi connectivity index (χ1n) is 6.19. The van der Waals surface area contributed by atoms with Crippen LogP contribution >= 0.6 is 0 Å². The van der Waals surface area contributed by atoms with Crippen LogP contribution in [0.1, 0.15) is 27.0 Å². The molecule has 110 valence electrons. The quantitative estimate of drug-likeness (QED) is 0.910. The van der Waals surface area contributed by atoms with Gasteiger partial charge in [-0.05, 0) is 43.2 Å². The molecule has 3 nitrogen and oxygen atoms in total. The van der Waals surface area contributed by atoms with Gasteiger partial charge in [-0.3, -0.25) is 9.78 Å². The second-order valence-electron chi connectivity index (χ2n) is 4.67. The van der Waals surface area contributed by atoms with Crippen LogP contribution in [-0.2, 0) is 6.18 Å². The monoisotopic (exact) mass is 294 g/mol. The second-order valence-corrected chi connectivity index (χ2v) is 4.67. The summed E-state index contributed by atoms with van der Waals surface area (Å²) in [5.41, 5.74) is 0.936. The molecule has 2 aromatic rings. The maximum Gasteiger partial charge on any atom is 0.416 e. The molecule has 1 heterocycles. The van der Waals surface area contributed by atoms with Crippen molar-refractivity contribution in [1.29, 1.82) is 0 Å². The van der Waals surface area contributed by atoms with E-state index in [2.05, 4.69) is 10.3 Å². The zero-order chi connectivity index (χ0) is 15.6. The Morgan fingerprint density at radius 1 is 1.14 bits per heavy atom. The Labute approximate surface area is 119 Å². The van der Waals surface area contributed by atoms with Crippen LogP contribution in [0, 0.1) is 13.8 Å². The van der Waals surface area contributed by atoms with E-state index < -0.39 is 17.6 Å². The van der Waals surface area contributed by atoms with E-state index in [4.69, 9.17) is 0 Å². The Hall–Kier alpha value is -2.37. The van der Waals surface area contributed by atoms with Crippen LogP contribution in [0.2, 0.25) is 0 Å². The maximum absolute atomic E-state index is 12.7. The lowest BCUT2D eigenvalue weighted by Gasteiger charge is -2.13. The predicted octanol–water partition coefficient (Wildman–Crippen LogP) is 3.97. The molecule has 0 aliphatic carbocycles. The van der Waals surface area contributed by atoms with Crippen molar-refractivity contribution in [3.05, 3.63) is 58.9 Å². The van der Waals surface area contributed by atoms with Gasteiger partial charge in [0.25, 0.3) is 5.91 Å². The summed E-state index contributed by atoms with van der Waals surface area (Å²) < 4.78 is 38.1. The average molecular weight is 294 g/mol. The fourth-order valence-electron chi connectivity index (χ4n) is 1.85. The first kappa shape index (κ1) is 15.0. The second kappa shape index (κ2) is 5.55. The molecule has 0 unspecified atom stereocenters. The summed E-state index contributed by atoms with van der Waals surface area (Å²) in [5.74, 6) is -0.461. The first-order chi connectivity index (χ1) is 9.79. The highest BCUT2D eigenvalue weighted by Gasteiger charge is 2.31. The Morgan fingerprint density at radius 2 is 1.86 bits per heavy atom. The number of anilines is 1. The largest absolute Gasteiger partial charge is 0.416 e. The van der Waals surface area contributed by atoms with E-state index in [1.807, 2.05) is 0 Å². The number of nitrogens with zero attached hydrogens (tertiary/aromatic N) is 1. The summed E-state index contributed by atoms with van der Waals surface area (Å²) in [6, 6.07) is 4.78. The number of amides is 1. The summed E-state index contributed by atoms with van der Waals surface area (Å²) >= 11 is 0. The van der Waals surface area contributed by atoms with Crippen LogP contribution in [0.25, 0.3) is 0 Å². The number of benzene rings is 1. The van der Waals surface area contributed by atoms with Crippen LogP contribution in [0.15, 0.2) is 36.7 Å². The topological polar surface area (TPSA) is 42.0 Å². The van der Waals surface area contributed by atoms with Crippen LogP contribution in [-0.4, -0.2) is 10.9 Å². The molecule has 0 aliphatic heterocycles. The molecule has 0 bridgehead atoms. The molecule has 1 amide bonds. The van der Waals surface area contributed by atoms with Crippen molar-refractivity contribution in [3.8, 4) is 0 Å². The highest BCUT2D eigenvalue weighted by Crippen LogP contribution is 2.32. The number of alkyl halides is 3. The molecule has 0 fully saturated rings. The summed E-state index contributed by atoms with van der Waals surface area (Å²) in [4.78, 5) is 16.0. The minimum Gasteiger partial charge on any atom is -0.322 e. The average Bonchev–Trinajstić information content (AvgIpc) is 2.40. The zero-order valence-corrected chi connectivity index (χ0v) is 11.5. The van der Waals surface area contributed by atoms with Crippen molar-refractivity contribution < 1.29 is 18.0 Å². The van der Waals surface area contributed by atoms with Gasteiger partial charge in [-0.1, -0.05) is 6.07 Å². The molecule has 0 spiro atoms. The Morgan fingerprint density at radius 3 is 2.48 bits per heavy atom. The van der Waals surface area contributed by atoms with Crippen molar-refractivity contribution >= 4 is 11.6 Å². The lowest BCUT2D eigenvalue weighted by molar-refractivity contribution is -0.137. The number of hydrogen-bond acceptors (Lipinski definition) is 2. The summed E-state index contributed by atoms with van der Waals surface area (Å²) in [7, 11) is 0. The molecular formula is C15H13F3N2O. The molecule has 0 radical (unpaired) electrons. The molecule has 21 heavy (non-hydrogen) atoms. The number of carbonyl (C=O) groups is 1. The molecule has 0 saturated heterocycles. The van der Waals surface area contributed by atoms with Gasteiger partial charge in [0.05, 0.1) is 5.56 Å². The highest BCUT2D eigenvalue weighted by molar-refractivity contribution is 6.05. The van der Waals surface area contributed by atoms with Gasteiger partial charge in [-0.2, -0.15) is 13.2 Å². The number of pyridine rings is 1. The fourth-order valence-corrected chi connectivity index (χ4v) is 1.85. The Bertz CT molecular complexity index is 681. The molecule has 6 heteroatoms. The molecular weight excluding hydrogens is 281 g/mol. The van der Waals surface area contributed by atoms with E-state index in [1.54, 1.807) is 13.8 Å². The Balaban J connectivity index is 2.31. The lowest BCUT2D eigenvalue weighted by Crippen LogP contribution is -2.15. The van der Waals surface area contributed by atoms with Crippen LogP contribution in [0.4, 0.5) is 18.9 Å². The number of nitrogens with one attached hydrogen (secondary N) is 1. The minimum atomic E-state index is -4.44. The third kappa shape index (κ3) is 3.39. The number of rotatable bonds is 2. The summed E-state index contributed by atoms with van der Waals surface area (Å²) in [6.07, 6.45) is -1.46. The number of halogens is 3. The summed E-state index contributed by atoms with van der Waals surface area (Å²) in [6.45, 7) is 3.34. The molecule has 1 N–H and O–H groups in total. The van der Waals surface area contributed by atoms with Gasteiger partial charge in [0, 0.05) is 23.6 Å². The predicted molar refractivity (Wildman–Crippen MR) is 73.1 cm³/mol. The van der Waals surface area contributed by atoms with Gasteiger partial charge in [0.2, 0.25) is 0 Å². The summed E-state index contributed by atoms with van der Waals surface area (Å²) in [5, 5.41) is 2.51. The molecule has 0 atom stereocenters. The van der Waals surface area contributed by atoms with Crippen LogP contribution in [0.5, 0.6) is 0 Å². The van der Waals surface area contributed by atoms with Crippen molar-refractivity contribution in [2.45, 2.75) is 20.0 Å². The van der Waals surface area contributed by atoms with E-state index in [1.165, 1.54) is 24.5 Å². The first-order valence-corrected chi connectivity index (χ1v) is 6.19. The van der Waals surface area contributed by atoms with E-state index in [0.29, 0.717) is 16.7 Å².